The minimum Gasteiger partial charge on any atom is -0.506 e. The third-order valence-electron chi connectivity index (χ3n) is 8.48. The van der Waals surface area contributed by atoms with Crippen molar-refractivity contribution in [3.05, 3.63) is 119 Å². The van der Waals surface area contributed by atoms with Crippen molar-refractivity contribution in [1.29, 1.82) is 0 Å². The minimum atomic E-state index is -4.47. The number of hydrogen-bond acceptors (Lipinski definition) is 9. The summed E-state index contributed by atoms with van der Waals surface area (Å²) >= 11 is 0. The molecular weight excluding hydrogens is 741 g/mol. The molecule has 0 aromatic heterocycles. The zero-order valence-corrected chi connectivity index (χ0v) is 29.8. The molecule has 0 aliphatic heterocycles. The molecule has 8 N–H and O–H groups in total. The van der Waals surface area contributed by atoms with Crippen LogP contribution in [-0.2, 0) is 20.2 Å². The molecule has 276 valence electrons. The van der Waals surface area contributed by atoms with Gasteiger partial charge in [0.05, 0.1) is 21.2 Å². The highest BCUT2D eigenvalue weighted by molar-refractivity contribution is 7.86. The first kappa shape index (κ1) is 37.2. The zero-order valence-electron chi connectivity index (χ0n) is 28.2. The van der Waals surface area contributed by atoms with Crippen molar-refractivity contribution in [2.45, 2.75) is 23.6 Å². The van der Waals surface area contributed by atoms with Crippen LogP contribution in [0.1, 0.15) is 31.8 Å². The molecule has 17 heteroatoms. The summed E-state index contributed by atoms with van der Waals surface area (Å²) in [7, 11) is -8.94. The number of urea groups is 1. The van der Waals surface area contributed by atoms with Crippen LogP contribution >= 0.6 is 0 Å². The van der Waals surface area contributed by atoms with Crippen LogP contribution in [0.2, 0.25) is 0 Å². The van der Waals surface area contributed by atoms with E-state index in [1.165, 1.54) is 84.9 Å². The number of phenolic OH excluding ortho intramolecular Hbond substituents is 2. The van der Waals surface area contributed by atoms with Gasteiger partial charge in [-0.25, -0.2) is 4.79 Å². The van der Waals surface area contributed by atoms with E-state index >= 15 is 0 Å². The number of aryl methyl sites for hydroxylation is 2. The fourth-order valence-corrected chi connectivity index (χ4v) is 6.75. The molecule has 0 spiro atoms. The van der Waals surface area contributed by atoms with E-state index < -0.39 is 38.1 Å². The van der Waals surface area contributed by atoms with Crippen molar-refractivity contribution in [3.63, 3.8) is 0 Å². The minimum absolute atomic E-state index is 0.0288. The van der Waals surface area contributed by atoms with Crippen molar-refractivity contribution >= 4 is 82.4 Å². The van der Waals surface area contributed by atoms with Crippen molar-refractivity contribution in [3.8, 4) is 11.5 Å². The van der Waals surface area contributed by atoms with E-state index in [-0.39, 0.29) is 43.8 Å². The molecule has 15 nitrogen and oxygen atoms in total. The maximum absolute atomic E-state index is 13.2. The number of carbonyl (C=O) groups excluding carboxylic acids is 3. The Labute approximate surface area is 307 Å². The summed E-state index contributed by atoms with van der Waals surface area (Å²) in [5.74, 6) is -1.74. The second-order valence-corrected chi connectivity index (χ2v) is 15.0. The largest absolute Gasteiger partial charge is 0.506 e. The Morgan fingerprint density at radius 1 is 0.500 bits per heavy atom. The van der Waals surface area contributed by atoms with Gasteiger partial charge in [0.25, 0.3) is 32.1 Å². The van der Waals surface area contributed by atoms with Gasteiger partial charge in [-0.2, -0.15) is 16.8 Å². The van der Waals surface area contributed by atoms with Crippen molar-refractivity contribution < 1.29 is 50.5 Å². The molecule has 0 radical (unpaired) electrons. The highest BCUT2D eigenvalue weighted by Crippen LogP contribution is 2.36. The number of phenols is 2. The normalized spacial score (nSPS) is 11.6. The first-order valence-electron chi connectivity index (χ1n) is 15.8. The van der Waals surface area contributed by atoms with Crippen LogP contribution in [0.3, 0.4) is 0 Å². The lowest BCUT2D eigenvalue weighted by Crippen LogP contribution is -2.21. The molecule has 4 amide bonds. The fourth-order valence-electron chi connectivity index (χ4n) is 5.71. The number of fused-ring (bicyclic) bond motifs is 2. The average Bonchev–Trinajstić information content (AvgIpc) is 3.11. The summed E-state index contributed by atoms with van der Waals surface area (Å²) in [6.45, 7) is 3.33. The second kappa shape index (κ2) is 14.1. The summed E-state index contributed by atoms with van der Waals surface area (Å²) in [5.41, 5.74) is 2.23. The number of hydrogen-bond donors (Lipinski definition) is 8. The van der Waals surface area contributed by atoms with Gasteiger partial charge in [-0.3, -0.25) is 18.7 Å². The molecule has 0 fully saturated rings. The maximum Gasteiger partial charge on any atom is 0.323 e. The van der Waals surface area contributed by atoms with Crippen LogP contribution in [0.15, 0.2) is 107 Å². The Balaban J connectivity index is 1.12. The molecule has 0 bridgehead atoms. The van der Waals surface area contributed by atoms with E-state index in [0.717, 1.165) is 12.1 Å². The van der Waals surface area contributed by atoms with E-state index in [9.17, 15) is 50.5 Å². The van der Waals surface area contributed by atoms with Gasteiger partial charge in [0, 0.05) is 33.3 Å². The zero-order chi connectivity index (χ0) is 39.1. The smallest absolute Gasteiger partial charge is 0.323 e. The Bertz CT molecular complexity index is 2600. The maximum atomic E-state index is 13.2. The molecule has 0 aliphatic carbocycles. The van der Waals surface area contributed by atoms with Gasteiger partial charge in [-0.1, -0.05) is 24.3 Å². The molecule has 0 heterocycles. The van der Waals surface area contributed by atoms with Crippen LogP contribution in [0.5, 0.6) is 11.5 Å². The van der Waals surface area contributed by atoms with E-state index in [1.807, 2.05) is 0 Å². The van der Waals surface area contributed by atoms with E-state index in [1.54, 1.807) is 13.8 Å². The van der Waals surface area contributed by atoms with Crippen LogP contribution in [0.25, 0.3) is 21.5 Å². The predicted octanol–water partition coefficient (Wildman–Crippen LogP) is 6.66. The summed E-state index contributed by atoms with van der Waals surface area (Å²) in [6.07, 6.45) is 0. The molecule has 6 rings (SSSR count). The van der Waals surface area contributed by atoms with Crippen LogP contribution in [-0.4, -0.2) is 54.0 Å². The Morgan fingerprint density at radius 3 is 1.24 bits per heavy atom. The van der Waals surface area contributed by atoms with Crippen molar-refractivity contribution in [2.75, 3.05) is 21.3 Å². The first-order chi connectivity index (χ1) is 25.4. The Morgan fingerprint density at radius 2 is 0.889 bits per heavy atom. The third-order valence-corrected chi connectivity index (χ3v) is 10.2. The molecule has 0 saturated carbocycles. The second-order valence-electron chi connectivity index (χ2n) is 12.2. The van der Waals surface area contributed by atoms with Crippen LogP contribution in [0.4, 0.5) is 27.5 Å². The lowest BCUT2D eigenvalue weighted by Gasteiger charge is -2.15. The number of aromatic hydroxyl groups is 2. The highest BCUT2D eigenvalue weighted by Gasteiger charge is 2.19. The SMILES string of the molecule is Cc1cc(C(=O)Nc2c(O)ccc3cc(S(=O)(=O)O)ccc23)ccc1NC(=O)Nc1ccc(C(=O)Nc2c(O)ccc3cc(S(=O)(=O)O)ccc23)cc1C. The van der Waals surface area contributed by atoms with Crippen molar-refractivity contribution in [2.24, 2.45) is 0 Å². The number of anilines is 4. The molecule has 6 aromatic carbocycles. The topological polar surface area (TPSA) is 249 Å². The summed E-state index contributed by atoms with van der Waals surface area (Å²) in [4.78, 5) is 38.6. The molecule has 0 atom stereocenters. The lowest BCUT2D eigenvalue weighted by atomic mass is 10.1. The summed E-state index contributed by atoms with van der Waals surface area (Å²) in [6, 6.07) is 21.2. The van der Waals surface area contributed by atoms with Gasteiger partial charge in [-0.15, -0.1) is 0 Å². The standard InChI is InChI=1S/C37H30N4O11S2/c1-19-15-23(35(44)40-33-27-9-7-25(53(47,48)49)17-21(27)5-13-31(33)42)3-11-29(19)38-37(46)39-30-12-4-24(16-20(30)2)36(45)41-34-28-10-8-26(54(50,51)52)18-22(28)6-14-32(34)43/h3-18,42-43H,1-2H3,(H,40,44)(H,41,45)(H2,38,39,46)(H,47,48,49)(H,50,51,52). The molecule has 54 heavy (non-hydrogen) atoms. The predicted molar refractivity (Wildman–Crippen MR) is 202 cm³/mol. The van der Waals surface area contributed by atoms with Crippen molar-refractivity contribution in [1.82, 2.24) is 0 Å². The van der Waals surface area contributed by atoms with Gasteiger partial charge in [-0.05, 0) is 109 Å². The van der Waals surface area contributed by atoms with Gasteiger partial charge >= 0.3 is 6.03 Å². The number of carbonyl (C=O) groups is 3. The molecule has 0 aliphatic rings. The van der Waals surface area contributed by atoms with E-state index in [0.29, 0.717) is 44.0 Å². The molecule has 0 saturated heterocycles. The lowest BCUT2D eigenvalue weighted by molar-refractivity contribution is 0.101. The van der Waals surface area contributed by atoms with E-state index in [4.69, 9.17) is 0 Å². The molecule has 6 aromatic rings. The Hall–Kier alpha value is -6.53. The third kappa shape index (κ3) is 7.79. The number of amides is 4. The molecule has 0 unspecified atom stereocenters. The average molecular weight is 771 g/mol. The quantitative estimate of drug-likeness (QED) is 0.0600. The number of benzene rings is 6. The first-order valence-corrected chi connectivity index (χ1v) is 18.7. The van der Waals surface area contributed by atoms with Gasteiger partial charge in [0.1, 0.15) is 11.5 Å². The van der Waals surface area contributed by atoms with Crippen LogP contribution in [0, 0.1) is 13.8 Å². The number of rotatable bonds is 8. The van der Waals surface area contributed by atoms with E-state index in [2.05, 4.69) is 21.3 Å². The van der Waals surface area contributed by atoms with Gasteiger partial charge < -0.3 is 31.5 Å². The van der Waals surface area contributed by atoms with Crippen LogP contribution < -0.4 is 21.3 Å². The summed E-state index contributed by atoms with van der Waals surface area (Å²) in [5, 5.41) is 32.9. The van der Waals surface area contributed by atoms with Gasteiger partial charge in [0.15, 0.2) is 0 Å². The summed E-state index contributed by atoms with van der Waals surface area (Å²) < 4.78 is 64.9. The number of nitrogens with one attached hydrogen (secondary N) is 4. The molecular formula is C37H30N4O11S2. The monoisotopic (exact) mass is 770 g/mol. The van der Waals surface area contributed by atoms with Gasteiger partial charge in [0.2, 0.25) is 0 Å². The highest BCUT2D eigenvalue weighted by atomic mass is 32.2. The fraction of sp³-hybridized carbons (Fsp3) is 0.0541. The Kier molecular flexibility index (Phi) is 9.74.